The number of amides is 3. The number of halogens is 3. The Bertz CT molecular complexity index is 1180. The number of ether oxygens (including phenoxy) is 1. The van der Waals surface area contributed by atoms with Crippen molar-refractivity contribution in [1.82, 2.24) is 10.6 Å². The van der Waals surface area contributed by atoms with Crippen molar-refractivity contribution in [3.63, 3.8) is 0 Å². The molecule has 11 heteroatoms. The number of fused-ring (bicyclic) bond motifs is 1. The maximum absolute atomic E-state index is 13.6. The number of alkyl halides is 3. The topological polar surface area (TPSA) is 87.7 Å². The Hall–Kier alpha value is -3.21. The molecule has 2 aromatic rings. The average molecular weight is 552 g/mol. The highest BCUT2D eigenvalue weighted by atomic mass is 32.2. The number of thioether (sulfide) groups is 1. The summed E-state index contributed by atoms with van der Waals surface area (Å²) in [7, 11) is 0. The quantitative estimate of drug-likeness (QED) is 0.517. The van der Waals surface area contributed by atoms with E-state index in [1.807, 2.05) is 38.1 Å². The molecule has 1 aliphatic rings. The maximum Gasteiger partial charge on any atom is 0.416 e. The van der Waals surface area contributed by atoms with Gasteiger partial charge in [0.15, 0.2) is 0 Å². The largest absolute Gasteiger partial charge is 0.444 e. The summed E-state index contributed by atoms with van der Waals surface area (Å²) in [6.45, 7) is 8.58. The molecule has 2 unspecified atom stereocenters. The van der Waals surface area contributed by atoms with Crippen LogP contribution in [0.5, 0.6) is 0 Å². The molecule has 2 atom stereocenters. The average Bonchev–Trinajstić information content (AvgIpc) is 2.93. The normalized spacial score (nSPS) is 16.9. The van der Waals surface area contributed by atoms with Crippen molar-refractivity contribution >= 4 is 35.4 Å². The van der Waals surface area contributed by atoms with Gasteiger partial charge in [0.25, 0.3) is 5.91 Å². The van der Waals surface area contributed by atoms with E-state index in [1.54, 1.807) is 25.7 Å². The standard InChI is InChI=1S/C27H32F3N3O4S/c1-16(2)33-21-12-8-9-13-22(21)38-15-20(24(33)35)31-23(34)19(32-25(36)37-26(3,4)5)14-17-10-6-7-11-18(17)27(28,29)30/h6-13,16,19-20H,14-15H2,1-5H3,(H,31,34)(H,32,36). The van der Waals surface area contributed by atoms with Gasteiger partial charge in [-0.3, -0.25) is 9.59 Å². The maximum atomic E-state index is 13.6. The fraction of sp³-hybridized carbons (Fsp3) is 0.444. The Morgan fingerprint density at radius 1 is 1.08 bits per heavy atom. The first-order valence-electron chi connectivity index (χ1n) is 12.2. The first-order valence-corrected chi connectivity index (χ1v) is 13.2. The number of para-hydroxylation sites is 1. The molecule has 0 spiro atoms. The Morgan fingerprint density at radius 3 is 2.34 bits per heavy atom. The van der Waals surface area contributed by atoms with Crippen LogP contribution in [0, 0.1) is 0 Å². The molecule has 7 nitrogen and oxygen atoms in total. The molecule has 0 aromatic heterocycles. The van der Waals surface area contributed by atoms with Crippen LogP contribution in [-0.4, -0.2) is 47.4 Å². The molecule has 0 aliphatic carbocycles. The smallest absolute Gasteiger partial charge is 0.416 e. The first kappa shape index (κ1) is 29.3. The number of alkyl carbamates (subject to hydrolysis) is 1. The van der Waals surface area contributed by atoms with Gasteiger partial charge in [0.05, 0.1) is 11.3 Å². The van der Waals surface area contributed by atoms with E-state index < -0.39 is 47.8 Å². The van der Waals surface area contributed by atoms with Gasteiger partial charge in [-0.15, -0.1) is 11.8 Å². The number of hydrogen-bond acceptors (Lipinski definition) is 5. The summed E-state index contributed by atoms with van der Waals surface area (Å²) in [5.41, 5.74) is -1.26. The molecule has 1 heterocycles. The summed E-state index contributed by atoms with van der Waals surface area (Å²) < 4.78 is 46.2. The van der Waals surface area contributed by atoms with Gasteiger partial charge in [-0.05, 0) is 58.4 Å². The number of carbonyl (C=O) groups is 3. The first-order chi connectivity index (χ1) is 17.7. The molecule has 2 aromatic carbocycles. The molecule has 0 fully saturated rings. The monoisotopic (exact) mass is 551 g/mol. The molecule has 2 N–H and O–H groups in total. The van der Waals surface area contributed by atoms with E-state index in [4.69, 9.17) is 4.74 Å². The minimum atomic E-state index is -4.65. The zero-order valence-corrected chi connectivity index (χ0v) is 22.7. The van der Waals surface area contributed by atoms with E-state index in [1.165, 1.54) is 30.0 Å². The Kier molecular flexibility index (Phi) is 9.01. The summed E-state index contributed by atoms with van der Waals surface area (Å²) in [5, 5.41) is 5.07. The van der Waals surface area contributed by atoms with Crippen molar-refractivity contribution in [3.8, 4) is 0 Å². The predicted molar refractivity (Wildman–Crippen MR) is 140 cm³/mol. The van der Waals surface area contributed by atoms with Crippen LogP contribution < -0.4 is 15.5 Å². The molecule has 3 amide bonds. The van der Waals surface area contributed by atoms with Crippen LogP contribution in [0.25, 0.3) is 0 Å². The van der Waals surface area contributed by atoms with Crippen molar-refractivity contribution < 1.29 is 32.3 Å². The number of nitrogens with zero attached hydrogens (tertiary/aromatic N) is 1. The van der Waals surface area contributed by atoms with Crippen molar-refractivity contribution in [2.75, 3.05) is 10.7 Å². The van der Waals surface area contributed by atoms with Gasteiger partial charge < -0.3 is 20.3 Å². The highest BCUT2D eigenvalue weighted by Crippen LogP contribution is 2.35. The molecule has 206 valence electrons. The fourth-order valence-corrected chi connectivity index (χ4v) is 5.13. The lowest BCUT2D eigenvalue weighted by Crippen LogP contribution is -2.56. The second-order valence-corrected chi connectivity index (χ2v) is 11.3. The minimum Gasteiger partial charge on any atom is -0.444 e. The minimum absolute atomic E-state index is 0.172. The number of carbonyl (C=O) groups excluding carboxylic acids is 3. The van der Waals surface area contributed by atoms with Gasteiger partial charge in [-0.25, -0.2) is 4.79 Å². The van der Waals surface area contributed by atoms with Crippen LogP contribution in [0.1, 0.15) is 45.7 Å². The van der Waals surface area contributed by atoms with Crippen molar-refractivity contribution in [3.05, 3.63) is 59.7 Å². The van der Waals surface area contributed by atoms with Gasteiger partial charge in [0.1, 0.15) is 17.7 Å². The lowest BCUT2D eigenvalue weighted by atomic mass is 9.99. The van der Waals surface area contributed by atoms with Crippen molar-refractivity contribution in [2.24, 2.45) is 0 Å². The lowest BCUT2D eigenvalue weighted by molar-refractivity contribution is -0.138. The SMILES string of the molecule is CC(C)N1C(=O)C(NC(=O)C(Cc2ccccc2C(F)(F)F)NC(=O)OC(C)(C)C)CSc2ccccc21. The highest BCUT2D eigenvalue weighted by molar-refractivity contribution is 7.99. The molecule has 0 saturated heterocycles. The molecule has 0 radical (unpaired) electrons. The van der Waals surface area contributed by atoms with Crippen molar-refractivity contribution in [1.29, 1.82) is 0 Å². The molecule has 38 heavy (non-hydrogen) atoms. The summed E-state index contributed by atoms with van der Waals surface area (Å²) in [5.74, 6) is -0.928. The van der Waals surface area contributed by atoms with Crippen LogP contribution in [-0.2, 0) is 26.9 Å². The zero-order valence-electron chi connectivity index (χ0n) is 21.9. The van der Waals surface area contributed by atoms with E-state index in [0.717, 1.165) is 16.6 Å². The van der Waals surface area contributed by atoms with Crippen LogP contribution in [0.4, 0.5) is 23.7 Å². The predicted octanol–water partition coefficient (Wildman–Crippen LogP) is 5.17. The van der Waals surface area contributed by atoms with Gasteiger partial charge in [-0.2, -0.15) is 13.2 Å². The van der Waals surface area contributed by atoms with Crippen molar-refractivity contribution in [2.45, 2.75) is 75.8 Å². The van der Waals surface area contributed by atoms with E-state index >= 15 is 0 Å². The molecule has 0 saturated carbocycles. The van der Waals surface area contributed by atoms with Crippen LogP contribution in [0.15, 0.2) is 53.4 Å². The van der Waals surface area contributed by atoms with Crippen LogP contribution >= 0.6 is 11.8 Å². The number of rotatable bonds is 6. The van der Waals surface area contributed by atoms with E-state index in [9.17, 15) is 27.6 Å². The fourth-order valence-electron chi connectivity index (χ4n) is 4.07. The number of benzene rings is 2. The number of nitrogens with one attached hydrogen (secondary N) is 2. The number of anilines is 1. The molecule has 0 bridgehead atoms. The van der Waals surface area contributed by atoms with Gasteiger partial charge in [0.2, 0.25) is 5.91 Å². The van der Waals surface area contributed by atoms with E-state index in [0.29, 0.717) is 0 Å². The zero-order chi connectivity index (χ0) is 28.3. The Morgan fingerprint density at radius 2 is 1.71 bits per heavy atom. The highest BCUT2D eigenvalue weighted by Gasteiger charge is 2.37. The second-order valence-electron chi connectivity index (χ2n) is 10.2. The van der Waals surface area contributed by atoms with Gasteiger partial charge >= 0.3 is 12.3 Å². The lowest BCUT2D eigenvalue weighted by Gasteiger charge is -2.30. The Balaban J connectivity index is 1.89. The third-order valence-electron chi connectivity index (χ3n) is 5.65. The van der Waals surface area contributed by atoms with Crippen LogP contribution in [0.3, 0.4) is 0 Å². The Labute approximate surface area is 224 Å². The molecule has 3 rings (SSSR count). The third-order valence-corrected chi connectivity index (χ3v) is 6.81. The van der Waals surface area contributed by atoms with E-state index in [2.05, 4.69) is 10.6 Å². The molecular formula is C27H32F3N3O4S. The summed E-state index contributed by atoms with van der Waals surface area (Å²) in [6, 6.07) is 9.62. The third kappa shape index (κ3) is 7.43. The van der Waals surface area contributed by atoms with Gasteiger partial charge in [0, 0.05) is 23.1 Å². The summed E-state index contributed by atoms with van der Waals surface area (Å²) in [4.78, 5) is 41.9. The second kappa shape index (κ2) is 11.7. The summed E-state index contributed by atoms with van der Waals surface area (Å²) >= 11 is 1.39. The van der Waals surface area contributed by atoms with Crippen LogP contribution in [0.2, 0.25) is 0 Å². The van der Waals surface area contributed by atoms with E-state index in [-0.39, 0.29) is 23.3 Å². The van der Waals surface area contributed by atoms with Gasteiger partial charge in [-0.1, -0.05) is 30.3 Å². The molecular weight excluding hydrogens is 519 g/mol. The number of hydrogen-bond donors (Lipinski definition) is 2. The molecule has 1 aliphatic heterocycles. The summed E-state index contributed by atoms with van der Waals surface area (Å²) in [6.07, 6.45) is -6.07.